The monoisotopic (exact) mass is 355 g/mol. The molecule has 1 N–H and O–H groups in total. The molecule has 0 atom stereocenters. The minimum atomic E-state index is -0.737. The normalized spacial score (nSPS) is 11.6. The van der Waals surface area contributed by atoms with E-state index in [9.17, 15) is 14.9 Å². The molecule has 0 saturated carbocycles. The van der Waals surface area contributed by atoms with Gasteiger partial charge in [0.25, 0.3) is 0 Å². The summed E-state index contributed by atoms with van der Waals surface area (Å²) in [7, 11) is 0. The van der Waals surface area contributed by atoms with Gasteiger partial charge in [-0.1, -0.05) is 71.1 Å². The molecule has 0 aliphatic heterocycles. The predicted molar refractivity (Wildman–Crippen MR) is 102 cm³/mol. The molecular weight excluding hydrogens is 318 g/mol. The standard InChI is InChI=1S/C20H37NO4/c1-2-3-4-5-6-7-10-13-16-19(21(24)25)17-14-11-8-9-12-15-18-20(22)23/h17H,2-16,18H2,1H3,(H,22,23)/b19-17+. The zero-order valence-corrected chi connectivity index (χ0v) is 16.0. The first-order chi connectivity index (χ1) is 12.1. The van der Waals surface area contributed by atoms with Crippen LogP contribution in [0.2, 0.25) is 0 Å². The number of nitro groups is 1. The van der Waals surface area contributed by atoms with E-state index in [4.69, 9.17) is 5.11 Å². The Labute approximate surface area is 153 Å². The Morgan fingerprint density at radius 2 is 1.32 bits per heavy atom. The number of rotatable bonds is 18. The Hall–Kier alpha value is -1.39. The lowest BCUT2D eigenvalue weighted by molar-refractivity contribution is -0.428. The van der Waals surface area contributed by atoms with Gasteiger partial charge >= 0.3 is 5.97 Å². The van der Waals surface area contributed by atoms with E-state index in [2.05, 4.69) is 6.92 Å². The number of aliphatic carboxylic acids is 1. The Morgan fingerprint density at radius 1 is 0.840 bits per heavy atom. The fourth-order valence-corrected chi connectivity index (χ4v) is 2.93. The van der Waals surface area contributed by atoms with E-state index in [1.807, 2.05) is 0 Å². The summed E-state index contributed by atoms with van der Waals surface area (Å²) in [6.45, 7) is 2.21. The molecule has 0 radical (unpaired) electrons. The molecule has 0 aromatic rings. The maximum Gasteiger partial charge on any atom is 0.303 e. The number of carboxylic acids is 1. The highest BCUT2D eigenvalue weighted by molar-refractivity contribution is 5.66. The number of carbonyl (C=O) groups is 1. The second-order valence-corrected chi connectivity index (χ2v) is 6.88. The van der Waals surface area contributed by atoms with Gasteiger partial charge in [0.2, 0.25) is 5.70 Å². The van der Waals surface area contributed by atoms with Crippen molar-refractivity contribution in [2.45, 2.75) is 110 Å². The van der Waals surface area contributed by atoms with E-state index < -0.39 is 5.97 Å². The van der Waals surface area contributed by atoms with E-state index in [0.29, 0.717) is 12.1 Å². The molecule has 0 aromatic heterocycles. The first-order valence-corrected chi connectivity index (χ1v) is 10.1. The SMILES string of the molecule is CCCCCCCCCC/C(=C\CCCCCCCC(=O)O)[N+](=O)[O-]. The summed E-state index contributed by atoms with van der Waals surface area (Å²) in [5, 5.41) is 19.6. The smallest absolute Gasteiger partial charge is 0.303 e. The zero-order valence-electron chi connectivity index (χ0n) is 16.0. The lowest BCUT2D eigenvalue weighted by Crippen LogP contribution is -1.99. The number of unbranched alkanes of at least 4 members (excludes halogenated alkanes) is 12. The number of hydrogen-bond acceptors (Lipinski definition) is 3. The van der Waals surface area contributed by atoms with Gasteiger partial charge in [-0.3, -0.25) is 14.9 Å². The second-order valence-electron chi connectivity index (χ2n) is 6.88. The van der Waals surface area contributed by atoms with Gasteiger partial charge in [0.1, 0.15) is 0 Å². The second kappa shape index (κ2) is 17.4. The average molecular weight is 356 g/mol. The summed E-state index contributed by atoms with van der Waals surface area (Å²) in [5.41, 5.74) is 0.372. The van der Waals surface area contributed by atoms with Gasteiger partial charge in [-0.05, 0) is 31.8 Å². The molecule has 0 aliphatic carbocycles. The van der Waals surface area contributed by atoms with Crippen molar-refractivity contribution in [3.8, 4) is 0 Å². The first-order valence-electron chi connectivity index (χ1n) is 10.1. The van der Waals surface area contributed by atoms with Crippen LogP contribution in [0.3, 0.4) is 0 Å². The van der Waals surface area contributed by atoms with Crippen molar-refractivity contribution in [1.29, 1.82) is 0 Å². The largest absolute Gasteiger partial charge is 0.481 e. The van der Waals surface area contributed by atoms with Crippen molar-refractivity contribution in [2.24, 2.45) is 0 Å². The highest BCUT2D eigenvalue weighted by Gasteiger charge is 2.09. The number of nitrogens with zero attached hydrogens (tertiary/aromatic N) is 1. The van der Waals surface area contributed by atoms with Crippen molar-refractivity contribution < 1.29 is 14.8 Å². The molecule has 0 fully saturated rings. The van der Waals surface area contributed by atoms with E-state index in [1.54, 1.807) is 6.08 Å². The van der Waals surface area contributed by atoms with Crippen molar-refractivity contribution in [3.05, 3.63) is 21.9 Å². The minimum Gasteiger partial charge on any atom is -0.481 e. The van der Waals surface area contributed by atoms with Gasteiger partial charge in [0.05, 0.1) is 4.92 Å². The quantitative estimate of drug-likeness (QED) is 0.173. The molecule has 5 nitrogen and oxygen atoms in total. The molecule has 0 heterocycles. The first kappa shape index (κ1) is 23.6. The van der Waals surface area contributed by atoms with Crippen LogP contribution in [-0.4, -0.2) is 16.0 Å². The predicted octanol–water partition coefficient (Wildman–Crippen LogP) is 6.49. The summed E-state index contributed by atoms with van der Waals surface area (Å²) in [6, 6.07) is 0. The van der Waals surface area contributed by atoms with Crippen LogP contribution in [0.1, 0.15) is 110 Å². The van der Waals surface area contributed by atoms with Crippen LogP contribution in [0.25, 0.3) is 0 Å². The molecule has 0 aliphatic rings. The Bertz CT molecular complexity index is 380. The van der Waals surface area contributed by atoms with Gasteiger partial charge in [0, 0.05) is 12.8 Å². The van der Waals surface area contributed by atoms with Crippen molar-refractivity contribution in [3.63, 3.8) is 0 Å². The molecule has 0 spiro atoms. The summed E-state index contributed by atoms with van der Waals surface area (Å²) >= 11 is 0. The molecule has 0 unspecified atom stereocenters. The number of carboxylic acid groups (broad SMARTS) is 1. The van der Waals surface area contributed by atoms with Gasteiger partial charge < -0.3 is 5.11 Å². The average Bonchev–Trinajstić information content (AvgIpc) is 2.57. The summed E-state index contributed by atoms with van der Waals surface area (Å²) < 4.78 is 0. The zero-order chi connectivity index (χ0) is 18.8. The summed E-state index contributed by atoms with van der Waals surface area (Å²) in [4.78, 5) is 21.2. The summed E-state index contributed by atoms with van der Waals surface area (Å²) in [5.74, 6) is -0.737. The fraction of sp³-hybridized carbons (Fsp3) is 0.850. The third-order valence-electron chi connectivity index (χ3n) is 4.50. The molecule has 25 heavy (non-hydrogen) atoms. The minimum absolute atomic E-state index is 0.228. The third-order valence-corrected chi connectivity index (χ3v) is 4.50. The van der Waals surface area contributed by atoms with E-state index in [1.165, 1.54) is 38.5 Å². The Balaban J connectivity index is 3.66. The van der Waals surface area contributed by atoms with Crippen molar-refractivity contribution >= 4 is 5.97 Å². The van der Waals surface area contributed by atoms with E-state index in [-0.39, 0.29) is 11.3 Å². The van der Waals surface area contributed by atoms with Crippen LogP contribution in [0.5, 0.6) is 0 Å². The van der Waals surface area contributed by atoms with Crippen LogP contribution < -0.4 is 0 Å². The van der Waals surface area contributed by atoms with Gasteiger partial charge in [-0.2, -0.15) is 0 Å². The lowest BCUT2D eigenvalue weighted by Gasteiger charge is -2.02. The third kappa shape index (κ3) is 17.2. The molecule has 0 amide bonds. The number of allylic oxidation sites excluding steroid dienone is 2. The molecule has 0 rings (SSSR count). The molecule has 0 aromatic carbocycles. The molecule has 0 bridgehead atoms. The van der Waals surface area contributed by atoms with Crippen LogP contribution >= 0.6 is 0 Å². The van der Waals surface area contributed by atoms with Gasteiger partial charge in [-0.15, -0.1) is 0 Å². The molecule has 146 valence electrons. The topological polar surface area (TPSA) is 80.4 Å². The van der Waals surface area contributed by atoms with Crippen molar-refractivity contribution in [1.82, 2.24) is 0 Å². The van der Waals surface area contributed by atoms with Crippen LogP contribution in [0.4, 0.5) is 0 Å². The fourth-order valence-electron chi connectivity index (χ4n) is 2.93. The van der Waals surface area contributed by atoms with Crippen LogP contribution in [-0.2, 0) is 4.79 Å². The van der Waals surface area contributed by atoms with Gasteiger partial charge in [0.15, 0.2) is 0 Å². The number of hydrogen-bond donors (Lipinski definition) is 1. The van der Waals surface area contributed by atoms with Gasteiger partial charge in [-0.25, -0.2) is 0 Å². The van der Waals surface area contributed by atoms with Crippen LogP contribution in [0, 0.1) is 10.1 Å². The Kier molecular flexibility index (Phi) is 16.5. The maximum absolute atomic E-state index is 11.1. The highest BCUT2D eigenvalue weighted by Crippen LogP contribution is 2.15. The molecule has 5 heteroatoms. The van der Waals surface area contributed by atoms with Crippen LogP contribution in [0.15, 0.2) is 11.8 Å². The van der Waals surface area contributed by atoms with Crippen molar-refractivity contribution in [2.75, 3.05) is 0 Å². The Morgan fingerprint density at radius 3 is 1.84 bits per heavy atom. The molecular formula is C20H37NO4. The highest BCUT2D eigenvalue weighted by atomic mass is 16.6. The lowest BCUT2D eigenvalue weighted by atomic mass is 10.1. The summed E-state index contributed by atoms with van der Waals surface area (Å²) in [6.07, 6.45) is 17.6. The molecule has 0 saturated heterocycles. The maximum atomic E-state index is 11.1. The van der Waals surface area contributed by atoms with E-state index in [0.717, 1.165) is 51.4 Å². The van der Waals surface area contributed by atoms with E-state index >= 15 is 0 Å².